The van der Waals surface area contributed by atoms with Crippen molar-refractivity contribution in [3.8, 4) is 41.2 Å². The van der Waals surface area contributed by atoms with Crippen molar-refractivity contribution < 1.29 is 23.4 Å². The molecule has 9 nitrogen and oxygen atoms in total. The third kappa shape index (κ3) is 4.34. The zero-order chi connectivity index (χ0) is 28.2. The molecule has 0 amide bonds. The van der Waals surface area contributed by atoms with Gasteiger partial charge in [0.1, 0.15) is 47.5 Å². The second-order valence-corrected chi connectivity index (χ2v) is 10.8. The van der Waals surface area contributed by atoms with Crippen LogP contribution in [0.15, 0.2) is 30.3 Å². The van der Waals surface area contributed by atoms with Crippen molar-refractivity contribution in [2.75, 3.05) is 51.3 Å². The number of benzene rings is 2. The van der Waals surface area contributed by atoms with Gasteiger partial charge in [-0.1, -0.05) is 18.1 Å². The summed E-state index contributed by atoms with van der Waals surface area (Å²) in [6.07, 6.45) is 5.22. The standard InChI is InChI=1S/C30H28F2N6O3/c1-3-16-5-4-6-17-9-21(39)11-22(23(16)17)26-25(32)27-24-28(38-8-7-33-12-20(38)15-40-29(24)34-26)36-30(35-27)41-14-19-10-18(31)13-37(19)2/h1,4-6,9,11,18-20,33,39H,7-8,10,12-15H2,2H3. The Bertz CT molecular complexity index is 1730. The summed E-state index contributed by atoms with van der Waals surface area (Å²) in [5.41, 5.74) is 0.788. The van der Waals surface area contributed by atoms with E-state index < -0.39 is 12.0 Å². The number of pyridine rings is 1. The fraction of sp³-hybridized carbons (Fsp3) is 0.367. The molecule has 2 saturated heterocycles. The fourth-order valence-electron chi connectivity index (χ4n) is 6.12. The van der Waals surface area contributed by atoms with Gasteiger partial charge in [-0.25, -0.2) is 13.8 Å². The lowest BCUT2D eigenvalue weighted by Gasteiger charge is -2.35. The van der Waals surface area contributed by atoms with Crippen LogP contribution in [0.2, 0.25) is 0 Å². The Morgan fingerprint density at radius 1 is 1.24 bits per heavy atom. The van der Waals surface area contributed by atoms with Gasteiger partial charge in [0.05, 0.1) is 6.04 Å². The first-order valence-electron chi connectivity index (χ1n) is 13.6. The van der Waals surface area contributed by atoms with Gasteiger partial charge in [0.15, 0.2) is 5.82 Å². The van der Waals surface area contributed by atoms with Crippen molar-refractivity contribution >= 4 is 27.5 Å². The minimum Gasteiger partial charge on any atom is -0.508 e. The van der Waals surface area contributed by atoms with Crippen LogP contribution in [0.5, 0.6) is 17.6 Å². The van der Waals surface area contributed by atoms with E-state index in [9.17, 15) is 9.50 Å². The number of nitrogens with one attached hydrogen (secondary N) is 1. The van der Waals surface area contributed by atoms with Crippen molar-refractivity contribution in [2.24, 2.45) is 0 Å². The molecule has 11 heteroatoms. The minimum absolute atomic E-state index is 0.00512. The van der Waals surface area contributed by atoms with Crippen molar-refractivity contribution in [1.29, 1.82) is 0 Å². The summed E-state index contributed by atoms with van der Waals surface area (Å²) >= 11 is 0. The molecule has 3 unspecified atom stereocenters. The SMILES string of the molecule is C#Cc1cccc2cc(O)cc(-c3nc4c5c(nc(OCC6CC(F)CN6C)nc5c3F)N3CCNCC3CO4)c12. The number of hydrogen-bond acceptors (Lipinski definition) is 9. The summed E-state index contributed by atoms with van der Waals surface area (Å²) in [7, 11) is 1.85. The number of hydrogen-bond donors (Lipinski definition) is 2. The number of anilines is 1. The molecule has 3 aliphatic rings. The van der Waals surface area contributed by atoms with Gasteiger partial charge in [0.2, 0.25) is 5.88 Å². The quantitative estimate of drug-likeness (QED) is 0.366. The molecule has 41 heavy (non-hydrogen) atoms. The van der Waals surface area contributed by atoms with Gasteiger partial charge in [-0.3, -0.25) is 4.90 Å². The molecule has 4 aromatic rings. The van der Waals surface area contributed by atoms with Gasteiger partial charge in [-0.15, -0.1) is 6.42 Å². The Labute approximate surface area is 235 Å². The maximum atomic E-state index is 16.7. The molecule has 2 fully saturated rings. The van der Waals surface area contributed by atoms with Gasteiger partial charge in [-0.05, 0) is 37.1 Å². The number of phenols is 1. The van der Waals surface area contributed by atoms with Crippen molar-refractivity contribution in [3.63, 3.8) is 0 Å². The van der Waals surface area contributed by atoms with E-state index in [4.69, 9.17) is 20.9 Å². The van der Waals surface area contributed by atoms with Crippen molar-refractivity contribution in [1.82, 2.24) is 25.2 Å². The number of fused-ring (bicyclic) bond motifs is 3. The molecule has 5 heterocycles. The van der Waals surface area contributed by atoms with Crippen LogP contribution in [0.1, 0.15) is 12.0 Å². The monoisotopic (exact) mass is 558 g/mol. The van der Waals surface area contributed by atoms with Gasteiger partial charge in [-0.2, -0.15) is 9.97 Å². The van der Waals surface area contributed by atoms with Crippen LogP contribution in [0.25, 0.3) is 32.9 Å². The number of terminal acetylenes is 1. The van der Waals surface area contributed by atoms with E-state index in [0.29, 0.717) is 65.8 Å². The van der Waals surface area contributed by atoms with Crippen LogP contribution < -0.4 is 19.7 Å². The first-order valence-corrected chi connectivity index (χ1v) is 13.6. The number of likely N-dealkylation sites (N-methyl/N-ethyl adjacent to an activating group) is 1. The van der Waals surface area contributed by atoms with E-state index in [1.807, 2.05) is 11.9 Å². The molecular formula is C30H28F2N6O3. The van der Waals surface area contributed by atoms with E-state index in [1.54, 1.807) is 24.3 Å². The number of aromatic hydroxyl groups is 1. The van der Waals surface area contributed by atoms with Crippen LogP contribution in [-0.4, -0.2) is 89.7 Å². The fourth-order valence-corrected chi connectivity index (χ4v) is 6.12. The van der Waals surface area contributed by atoms with Gasteiger partial charge in [0, 0.05) is 48.7 Å². The second kappa shape index (κ2) is 9.98. The maximum Gasteiger partial charge on any atom is 0.319 e. The molecular weight excluding hydrogens is 530 g/mol. The van der Waals surface area contributed by atoms with Crippen LogP contribution in [0.4, 0.5) is 14.6 Å². The van der Waals surface area contributed by atoms with Crippen molar-refractivity contribution in [2.45, 2.75) is 24.7 Å². The summed E-state index contributed by atoms with van der Waals surface area (Å²) in [5, 5.41) is 15.5. The zero-order valence-electron chi connectivity index (χ0n) is 22.4. The Hall–Kier alpha value is -4.27. The summed E-state index contributed by atoms with van der Waals surface area (Å²) in [4.78, 5) is 17.8. The first kappa shape index (κ1) is 25.7. The van der Waals surface area contributed by atoms with Gasteiger partial charge < -0.3 is 24.8 Å². The molecule has 0 radical (unpaired) electrons. The smallest absolute Gasteiger partial charge is 0.319 e. The highest BCUT2D eigenvalue weighted by Crippen LogP contribution is 2.43. The average Bonchev–Trinajstić information content (AvgIpc) is 3.21. The summed E-state index contributed by atoms with van der Waals surface area (Å²) in [6, 6.07) is 8.13. The Balaban J connectivity index is 1.43. The lowest BCUT2D eigenvalue weighted by Crippen LogP contribution is -2.53. The third-order valence-electron chi connectivity index (χ3n) is 8.16. The highest BCUT2D eigenvalue weighted by atomic mass is 19.1. The number of nitrogens with zero attached hydrogens (tertiary/aromatic N) is 5. The molecule has 2 aromatic heterocycles. The first-order chi connectivity index (χ1) is 19.9. The number of likely N-dealkylation sites (tertiary alicyclic amines) is 1. The van der Waals surface area contributed by atoms with E-state index in [0.717, 1.165) is 6.54 Å². The normalized spacial score (nSPS) is 22.3. The molecule has 210 valence electrons. The number of ether oxygens (including phenoxy) is 2. The molecule has 2 N–H and O–H groups in total. The molecule has 0 aliphatic carbocycles. The summed E-state index contributed by atoms with van der Waals surface area (Å²) in [6.45, 7) is 2.80. The van der Waals surface area contributed by atoms with Gasteiger partial charge >= 0.3 is 6.01 Å². The van der Waals surface area contributed by atoms with Crippen LogP contribution >= 0.6 is 0 Å². The zero-order valence-corrected chi connectivity index (χ0v) is 22.4. The number of phenolic OH excluding ortho intramolecular Hbond substituents is 1. The highest BCUT2D eigenvalue weighted by Gasteiger charge is 2.35. The van der Waals surface area contributed by atoms with E-state index in [1.165, 1.54) is 6.07 Å². The van der Waals surface area contributed by atoms with Crippen molar-refractivity contribution in [3.05, 3.63) is 41.7 Å². The molecule has 2 aromatic carbocycles. The summed E-state index contributed by atoms with van der Waals surface area (Å²) < 4.78 is 42.8. The largest absolute Gasteiger partial charge is 0.508 e. The molecule has 3 atom stereocenters. The highest BCUT2D eigenvalue weighted by molar-refractivity contribution is 6.04. The topological polar surface area (TPSA) is 95.9 Å². The average molecular weight is 559 g/mol. The van der Waals surface area contributed by atoms with Crippen LogP contribution in [0, 0.1) is 18.2 Å². The number of alkyl halides is 1. The molecule has 7 rings (SSSR count). The molecule has 0 saturated carbocycles. The van der Waals surface area contributed by atoms with Crippen LogP contribution in [0.3, 0.4) is 0 Å². The number of piperazine rings is 1. The number of rotatable bonds is 4. The second-order valence-electron chi connectivity index (χ2n) is 10.8. The Morgan fingerprint density at radius 3 is 2.93 bits per heavy atom. The van der Waals surface area contributed by atoms with E-state index in [2.05, 4.69) is 26.1 Å². The predicted octanol–water partition coefficient (Wildman–Crippen LogP) is 3.26. The Kier molecular flexibility index (Phi) is 6.25. The number of halogens is 2. The third-order valence-corrected chi connectivity index (χ3v) is 8.16. The van der Waals surface area contributed by atoms with E-state index >= 15 is 4.39 Å². The molecule has 0 spiro atoms. The Morgan fingerprint density at radius 2 is 2.12 bits per heavy atom. The predicted molar refractivity (Wildman–Crippen MR) is 151 cm³/mol. The molecule has 3 aliphatic heterocycles. The summed E-state index contributed by atoms with van der Waals surface area (Å²) in [5.74, 6) is 2.56. The lowest BCUT2D eigenvalue weighted by molar-refractivity contribution is 0.188. The maximum absolute atomic E-state index is 16.7. The number of aromatic nitrogens is 3. The van der Waals surface area contributed by atoms with Gasteiger partial charge in [0.25, 0.3) is 0 Å². The minimum atomic E-state index is -0.923. The lowest BCUT2D eigenvalue weighted by atomic mass is 9.96. The van der Waals surface area contributed by atoms with Crippen LogP contribution in [-0.2, 0) is 0 Å². The molecule has 0 bridgehead atoms. The van der Waals surface area contributed by atoms with E-state index in [-0.39, 0.29) is 47.5 Å².